The van der Waals surface area contributed by atoms with Crippen molar-refractivity contribution in [2.45, 2.75) is 19.8 Å². The van der Waals surface area contributed by atoms with Crippen molar-refractivity contribution >= 4 is 17.1 Å². The molecule has 0 saturated carbocycles. The zero-order valence-corrected chi connectivity index (χ0v) is 9.06. The van der Waals surface area contributed by atoms with Gasteiger partial charge in [0.15, 0.2) is 5.65 Å². The Balaban J connectivity index is 2.18. The number of aromatic nitrogens is 4. The van der Waals surface area contributed by atoms with Crippen LogP contribution in [0.5, 0.6) is 0 Å². The Morgan fingerprint density at radius 2 is 2.27 bits per heavy atom. The summed E-state index contributed by atoms with van der Waals surface area (Å²) in [5.74, 6) is 0.680. The molecule has 0 bridgehead atoms. The molecule has 0 fully saturated rings. The summed E-state index contributed by atoms with van der Waals surface area (Å²) in [6.07, 6.45) is 5.79. The first-order valence-electron chi connectivity index (χ1n) is 5.19. The van der Waals surface area contributed by atoms with Gasteiger partial charge in [0.25, 0.3) is 0 Å². The van der Waals surface area contributed by atoms with Crippen molar-refractivity contribution in [1.29, 1.82) is 0 Å². The van der Waals surface area contributed by atoms with Crippen molar-refractivity contribution in [3.63, 3.8) is 0 Å². The van der Waals surface area contributed by atoms with Crippen LogP contribution in [-0.4, -0.2) is 26.1 Å². The predicted molar refractivity (Wildman–Crippen MR) is 59.7 cm³/mol. The average molecular weight is 205 g/mol. The minimum Gasteiger partial charge on any atom is -0.354 e. The van der Waals surface area contributed by atoms with Gasteiger partial charge in [-0.1, -0.05) is 13.3 Å². The lowest BCUT2D eigenvalue weighted by molar-refractivity contribution is 0.826. The summed E-state index contributed by atoms with van der Waals surface area (Å²) in [5.41, 5.74) is 1.70. The summed E-state index contributed by atoms with van der Waals surface area (Å²) in [6.45, 7) is 3.08. The fourth-order valence-electron chi connectivity index (χ4n) is 1.38. The molecule has 5 nitrogen and oxygen atoms in total. The van der Waals surface area contributed by atoms with Gasteiger partial charge in [0, 0.05) is 13.6 Å². The Hall–Kier alpha value is -1.65. The number of anilines is 1. The highest BCUT2D eigenvalue weighted by atomic mass is 15.2. The van der Waals surface area contributed by atoms with Crippen molar-refractivity contribution in [1.82, 2.24) is 19.5 Å². The predicted octanol–water partition coefficient (Wildman–Crippen LogP) is 1.58. The lowest BCUT2D eigenvalue weighted by atomic mass is 10.3. The smallest absolute Gasteiger partial charge is 0.224 e. The van der Waals surface area contributed by atoms with Gasteiger partial charge in [0.2, 0.25) is 5.95 Å². The van der Waals surface area contributed by atoms with Crippen LogP contribution < -0.4 is 5.32 Å². The number of fused-ring (bicyclic) bond motifs is 1. The van der Waals surface area contributed by atoms with E-state index in [1.54, 1.807) is 12.5 Å². The molecule has 80 valence electrons. The molecular formula is C10H15N5. The van der Waals surface area contributed by atoms with Crippen LogP contribution in [0.3, 0.4) is 0 Å². The van der Waals surface area contributed by atoms with Crippen LogP contribution in [0.2, 0.25) is 0 Å². The SMILES string of the molecule is CCCCNc1ncc2ncn(C)c2n1. The average Bonchev–Trinajstić information content (AvgIpc) is 2.61. The molecule has 2 rings (SSSR count). The Bertz CT molecular complexity index is 448. The minimum atomic E-state index is 0.680. The van der Waals surface area contributed by atoms with E-state index in [2.05, 4.69) is 27.2 Å². The maximum absolute atomic E-state index is 4.38. The second-order valence-electron chi connectivity index (χ2n) is 3.54. The van der Waals surface area contributed by atoms with Gasteiger partial charge in [0.05, 0.1) is 12.5 Å². The largest absolute Gasteiger partial charge is 0.354 e. The van der Waals surface area contributed by atoms with Crippen LogP contribution in [-0.2, 0) is 7.05 Å². The van der Waals surface area contributed by atoms with E-state index in [0.29, 0.717) is 5.95 Å². The van der Waals surface area contributed by atoms with E-state index in [0.717, 1.165) is 24.1 Å². The van der Waals surface area contributed by atoms with Crippen LogP contribution in [0.1, 0.15) is 19.8 Å². The van der Waals surface area contributed by atoms with Gasteiger partial charge in [-0.25, -0.2) is 9.97 Å². The molecule has 0 atom stereocenters. The standard InChI is InChI=1S/C10H15N5/c1-3-4-5-11-10-12-6-8-9(14-10)15(2)7-13-8/h6-7H,3-5H2,1-2H3,(H,11,12,14). The van der Waals surface area contributed by atoms with E-state index >= 15 is 0 Å². The van der Waals surface area contributed by atoms with Crippen LogP contribution in [0.25, 0.3) is 11.2 Å². The van der Waals surface area contributed by atoms with Crippen molar-refractivity contribution in [3.8, 4) is 0 Å². The fourth-order valence-corrected chi connectivity index (χ4v) is 1.38. The molecule has 0 radical (unpaired) electrons. The number of nitrogens with zero attached hydrogens (tertiary/aromatic N) is 4. The number of hydrogen-bond acceptors (Lipinski definition) is 4. The highest BCUT2D eigenvalue weighted by molar-refractivity contribution is 5.70. The van der Waals surface area contributed by atoms with Crippen LogP contribution >= 0.6 is 0 Å². The van der Waals surface area contributed by atoms with E-state index in [-0.39, 0.29) is 0 Å². The van der Waals surface area contributed by atoms with Gasteiger partial charge >= 0.3 is 0 Å². The molecular weight excluding hydrogens is 190 g/mol. The van der Waals surface area contributed by atoms with Gasteiger partial charge in [-0.2, -0.15) is 4.98 Å². The van der Waals surface area contributed by atoms with Gasteiger partial charge in [0.1, 0.15) is 5.52 Å². The van der Waals surface area contributed by atoms with Crippen molar-refractivity contribution in [3.05, 3.63) is 12.5 Å². The number of rotatable bonds is 4. The van der Waals surface area contributed by atoms with E-state index in [9.17, 15) is 0 Å². The third-order valence-electron chi connectivity index (χ3n) is 2.27. The Labute approximate surface area is 88.6 Å². The molecule has 0 aromatic carbocycles. The van der Waals surface area contributed by atoms with Crippen LogP contribution in [0.15, 0.2) is 12.5 Å². The number of imidazole rings is 1. The number of hydrogen-bond donors (Lipinski definition) is 1. The summed E-state index contributed by atoms with van der Waals surface area (Å²) in [7, 11) is 1.93. The van der Waals surface area contributed by atoms with Crippen LogP contribution in [0, 0.1) is 0 Å². The molecule has 2 heterocycles. The maximum atomic E-state index is 4.38. The van der Waals surface area contributed by atoms with Crippen LogP contribution in [0.4, 0.5) is 5.95 Å². The first-order chi connectivity index (χ1) is 7.31. The van der Waals surface area contributed by atoms with Crippen molar-refractivity contribution < 1.29 is 0 Å². The van der Waals surface area contributed by atoms with Gasteiger partial charge in [-0.15, -0.1) is 0 Å². The van der Waals surface area contributed by atoms with E-state index in [4.69, 9.17) is 0 Å². The van der Waals surface area contributed by atoms with Gasteiger partial charge in [-0.3, -0.25) is 0 Å². The highest BCUT2D eigenvalue weighted by Gasteiger charge is 2.03. The molecule has 0 saturated heterocycles. The van der Waals surface area contributed by atoms with Gasteiger partial charge < -0.3 is 9.88 Å². The topological polar surface area (TPSA) is 55.6 Å². The molecule has 0 aliphatic rings. The summed E-state index contributed by atoms with van der Waals surface area (Å²) < 4.78 is 1.89. The third kappa shape index (κ3) is 2.06. The summed E-state index contributed by atoms with van der Waals surface area (Å²) in [6, 6.07) is 0. The van der Waals surface area contributed by atoms with Gasteiger partial charge in [-0.05, 0) is 6.42 Å². The number of aryl methyl sites for hydroxylation is 1. The second-order valence-corrected chi connectivity index (χ2v) is 3.54. The quantitative estimate of drug-likeness (QED) is 0.770. The lowest BCUT2D eigenvalue weighted by Gasteiger charge is -2.03. The molecule has 0 spiro atoms. The molecule has 0 amide bonds. The molecule has 0 aliphatic carbocycles. The lowest BCUT2D eigenvalue weighted by Crippen LogP contribution is -2.05. The molecule has 5 heteroatoms. The normalized spacial score (nSPS) is 10.8. The Morgan fingerprint density at radius 1 is 1.40 bits per heavy atom. The van der Waals surface area contributed by atoms with Crippen molar-refractivity contribution in [2.75, 3.05) is 11.9 Å². The molecule has 1 N–H and O–H groups in total. The molecule has 2 aromatic rings. The first kappa shape index (κ1) is 9.89. The molecule has 2 aromatic heterocycles. The summed E-state index contributed by atoms with van der Waals surface area (Å²) >= 11 is 0. The molecule has 15 heavy (non-hydrogen) atoms. The monoisotopic (exact) mass is 205 g/mol. The van der Waals surface area contributed by atoms with E-state index < -0.39 is 0 Å². The van der Waals surface area contributed by atoms with E-state index in [1.165, 1.54) is 6.42 Å². The Morgan fingerprint density at radius 3 is 3.07 bits per heavy atom. The minimum absolute atomic E-state index is 0.680. The van der Waals surface area contributed by atoms with Crippen molar-refractivity contribution in [2.24, 2.45) is 7.05 Å². The zero-order chi connectivity index (χ0) is 10.7. The second kappa shape index (κ2) is 4.25. The molecule has 0 aliphatic heterocycles. The zero-order valence-electron chi connectivity index (χ0n) is 9.06. The highest BCUT2D eigenvalue weighted by Crippen LogP contribution is 2.09. The third-order valence-corrected chi connectivity index (χ3v) is 2.27. The summed E-state index contributed by atoms with van der Waals surface area (Å²) in [5, 5.41) is 3.19. The number of nitrogens with one attached hydrogen (secondary N) is 1. The maximum Gasteiger partial charge on any atom is 0.224 e. The summed E-state index contributed by atoms with van der Waals surface area (Å²) in [4.78, 5) is 12.7. The first-order valence-corrected chi connectivity index (χ1v) is 5.19. The number of unbranched alkanes of at least 4 members (excludes halogenated alkanes) is 1. The molecule has 0 unspecified atom stereocenters. The van der Waals surface area contributed by atoms with E-state index in [1.807, 2.05) is 11.6 Å². The Kier molecular flexibility index (Phi) is 2.80. The fraction of sp³-hybridized carbons (Fsp3) is 0.500.